The molecule has 2 fully saturated rings. The van der Waals surface area contributed by atoms with Crippen LogP contribution in [0.4, 0.5) is 5.69 Å². The molecule has 21 heavy (non-hydrogen) atoms. The van der Waals surface area contributed by atoms with Gasteiger partial charge in [0.25, 0.3) is 5.89 Å². The summed E-state index contributed by atoms with van der Waals surface area (Å²) in [5.74, 6) is 0.992. The Morgan fingerprint density at radius 3 is 3.14 bits per heavy atom. The Kier molecular flexibility index (Phi) is 3.08. The van der Waals surface area contributed by atoms with Gasteiger partial charge in [0.15, 0.2) is 0 Å². The van der Waals surface area contributed by atoms with Gasteiger partial charge in [-0.25, -0.2) is 4.98 Å². The molecule has 110 valence electrons. The zero-order valence-corrected chi connectivity index (χ0v) is 11.6. The quantitative estimate of drug-likeness (QED) is 0.888. The van der Waals surface area contributed by atoms with Gasteiger partial charge in [-0.2, -0.15) is 4.98 Å². The Balaban J connectivity index is 1.53. The molecule has 2 aliphatic heterocycles. The van der Waals surface area contributed by atoms with Crippen LogP contribution in [0.25, 0.3) is 11.6 Å². The number of nitrogen functional groups attached to an aromatic ring is 1. The molecule has 4 rings (SSSR count). The number of pyridine rings is 1. The summed E-state index contributed by atoms with van der Waals surface area (Å²) < 4.78 is 11.2. The predicted molar refractivity (Wildman–Crippen MR) is 75.2 cm³/mol. The lowest BCUT2D eigenvalue weighted by atomic mass is 10.2. The van der Waals surface area contributed by atoms with Crippen LogP contribution in [0.15, 0.2) is 22.9 Å². The van der Waals surface area contributed by atoms with E-state index in [1.807, 2.05) is 0 Å². The van der Waals surface area contributed by atoms with Gasteiger partial charge in [-0.1, -0.05) is 5.16 Å². The Labute approximate surface area is 122 Å². The van der Waals surface area contributed by atoms with Crippen molar-refractivity contribution in [3.8, 4) is 11.6 Å². The predicted octanol–water partition coefficient (Wildman–Crippen LogP) is 1.25. The maximum atomic E-state index is 5.88. The van der Waals surface area contributed by atoms with Crippen LogP contribution in [0, 0.1) is 0 Å². The van der Waals surface area contributed by atoms with Gasteiger partial charge >= 0.3 is 0 Å². The van der Waals surface area contributed by atoms with Crippen LogP contribution in [0.1, 0.15) is 24.8 Å². The van der Waals surface area contributed by atoms with Crippen LogP contribution in [0.3, 0.4) is 0 Å². The molecule has 0 radical (unpaired) electrons. The van der Waals surface area contributed by atoms with Crippen LogP contribution in [-0.4, -0.2) is 45.8 Å². The highest BCUT2D eigenvalue weighted by molar-refractivity contribution is 5.50. The third-order valence-corrected chi connectivity index (χ3v) is 4.12. The van der Waals surface area contributed by atoms with E-state index in [2.05, 4.69) is 20.0 Å². The third-order valence-electron chi connectivity index (χ3n) is 4.12. The first-order valence-corrected chi connectivity index (χ1v) is 7.21. The maximum Gasteiger partial charge on any atom is 0.276 e. The molecule has 2 aromatic heterocycles. The topological polar surface area (TPSA) is 90.3 Å². The molecule has 2 unspecified atom stereocenters. The fourth-order valence-electron chi connectivity index (χ4n) is 2.97. The molecule has 2 aliphatic rings. The van der Waals surface area contributed by atoms with Gasteiger partial charge in [0, 0.05) is 12.6 Å². The highest BCUT2D eigenvalue weighted by Crippen LogP contribution is 2.29. The summed E-state index contributed by atoms with van der Waals surface area (Å²) in [5, 5.41) is 4.04. The van der Waals surface area contributed by atoms with Crippen molar-refractivity contribution in [2.24, 2.45) is 0 Å². The van der Waals surface area contributed by atoms with E-state index in [-0.39, 0.29) is 6.10 Å². The normalized spacial score (nSPS) is 25.9. The molecule has 0 bridgehead atoms. The minimum absolute atomic E-state index is 0.120. The van der Waals surface area contributed by atoms with Crippen molar-refractivity contribution in [3.05, 3.63) is 24.2 Å². The Morgan fingerprint density at radius 1 is 1.33 bits per heavy atom. The molecule has 4 heterocycles. The van der Waals surface area contributed by atoms with E-state index < -0.39 is 0 Å². The Bertz CT molecular complexity index is 627. The first-order chi connectivity index (χ1) is 10.3. The molecule has 2 atom stereocenters. The number of rotatable bonds is 2. The van der Waals surface area contributed by atoms with E-state index in [0.717, 1.165) is 19.7 Å². The van der Waals surface area contributed by atoms with Crippen molar-refractivity contribution in [2.45, 2.75) is 25.0 Å². The first kappa shape index (κ1) is 12.7. The van der Waals surface area contributed by atoms with E-state index in [9.17, 15) is 0 Å². The average molecular weight is 287 g/mol. The zero-order chi connectivity index (χ0) is 14.2. The highest BCUT2D eigenvalue weighted by Gasteiger charge is 2.34. The minimum atomic E-state index is -0.120. The zero-order valence-electron chi connectivity index (χ0n) is 11.6. The highest BCUT2D eigenvalue weighted by atomic mass is 16.5. The summed E-state index contributed by atoms with van der Waals surface area (Å²) in [7, 11) is 0. The smallest absolute Gasteiger partial charge is 0.276 e. The van der Waals surface area contributed by atoms with Gasteiger partial charge in [-0.15, -0.1) is 0 Å². The monoisotopic (exact) mass is 287 g/mol. The van der Waals surface area contributed by atoms with E-state index in [0.29, 0.717) is 29.1 Å². The molecular weight excluding hydrogens is 270 g/mol. The lowest BCUT2D eigenvalue weighted by molar-refractivity contribution is -0.0548. The van der Waals surface area contributed by atoms with Crippen LogP contribution in [0.5, 0.6) is 0 Å². The molecule has 0 aliphatic carbocycles. The summed E-state index contributed by atoms with van der Waals surface area (Å²) in [6.07, 6.45) is 3.92. The van der Waals surface area contributed by atoms with Crippen LogP contribution in [0.2, 0.25) is 0 Å². The largest absolute Gasteiger partial charge is 0.397 e. The van der Waals surface area contributed by atoms with Crippen molar-refractivity contribution >= 4 is 5.69 Å². The van der Waals surface area contributed by atoms with Crippen molar-refractivity contribution in [1.82, 2.24) is 20.0 Å². The number of anilines is 1. The fourth-order valence-corrected chi connectivity index (χ4v) is 2.97. The van der Waals surface area contributed by atoms with Gasteiger partial charge < -0.3 is 15.0 Å². The summed E-state index contributed by atoms with van der Waals surface area (Å²) in [6, 6.07) is 4.09. The number of hydrogen-bond acceptors (Lipinski definition) is 7. The van der Waals surface area contributed by atoms with Crippen molar-refractivity contribution in [2.75, 3.05) is 25.4 Å². The molecule has 7 heteroatoms. The Morgan fingerprint density at radius 2 is 2.29 bits per heavy atom. The molecular formula is C14H17N5O2. The van der Waals surface area contributed by atoms with Gasteiger partial charge in [-0.3, -0.25) is 4.90 Å². The average Bonchev–Trinajstić information content (AvgIpc) is 3.16. The second-order valence-corrected chi connectivity index (χ2v) is 5.55. The minimum Gasteiger partial charge on any atom is -0.397 e. The standard InChI is InChI=1S/C14H17N5O2/c15-9-3-4-11(16-6-9)14-17-13(18-21-14)12-7-19-5-1-2-10(19)8-20-12/h3-4,6,10,12H,1-2,5,7-8,15H2. The molecule has 2 saturated heterocycles. The molecule has 2 N–H and O–H groups in total. The molecule has 0 aromatic carbocycles. The second-order valence-electron chi connectivity index (χ2n) is 5.55. The van der Waals surface area contributed by atoms with Crippen LogP contribution in [-0.2, 0) is 4.74 Å². The summed E-state index contributed by atoms with van der Waals surface area (Å²) in [6.45, 7) is 2.71. The maximum absolute atomic E-state index is 5.88. The molecule has 0 saturated carbocycles. The van der Waals surface area contributed by atoms with E-state index in [4.69, 9.17) is 15.0 Å². The van der Waals surface area contributed by atoms with Crippen molar-refractivity contribution in [3.63, 3.8) is 0 Å². The Hall–Kier alpha value is -1.99. The third kappa shape index (κ3) is 2.38. The van der Waals surface area contributed by atoms with Gasteiger partial charge in [0.05, 0.1) is 18.5 Å². The lowest BCUT2D eigenvalue weighted by Gasteiger charge is -2.33. The number of nitrogens with two attached hydrogens (primary N) is 1. The number of morpholine rings is 1. The summed E-state index contributed by atoms with van der Waals surface area (Å²) in [5.41, 5.74) is 6.85. The SMILES string of the molecule is Nc1ccc(-c2nc(C3CN4CCCC4CO3)no2)nc1. The summed E-state index contributed by atoms with van der Waals surface area (Å²) >= 11 is 0. The van der Waals surface area contributed by atoms with Crippen molar-refractivity contribution < 1.29 is 9.26 Å². The van der Waals surface area contributed by atoms with Crippen LogP contribution >= 0.6 is 0 Å². The number of fused-ring (bicyclic) bond motifs is 1. The van der Waals surface area contributed by atoms with Gasteiger partial charge in [0.1, 0.15) is 11.8 Å². The molecule has 7 nitrogen and oxygen atoms in total. The number of aromatic nitrogens is 3. The molecule has 0 spiro atoms. The number of hydrogen-bond donors (Lipinski definition) is 1. The summed E-state index contributed by atoms with van der Waals surface area (Å²) in [4.78, 5) is 11.1. The molecule has 0 amide bonds. The van der Waals surface area contributed by atoms with Gasteiger partial charge in [0.2, 0.25) is 5.82 Å². The van der Waals surface area contributed by atoms with E-state index >= 15 is 0 Å². The van der Waals surface area contributed by atoms with Crippen LogP contribution < -0.4 is 5.73 Å². The molecule has 2 aromatic rings. The second kappa shape index (κ2) is 5.09. The van der Waals surface area contributed by atoms with E-state index in [1.165, 1.54) is 12.8 Å². The van der Waals surface area contributed by atoms with Crippen molar-refractivity contribution in [1.29, 1.82) is 0 Å². The van der Waals surface area contributed by atoms with Gasteiger partial charge in [-0.05, 0) is 31.5 Å². The fraction of sp³-hybridized carbons (Fsp3) is 0.500. The van der Waals surface area contributed by atoms with E-state index in [1.54, 1.807) is 18.3 Å². The lowest BCUT2D eigenvalue weighted by Crippen LogP contribution is -2.42. The number of nitrogens with zero attached hydrogens (tertiary/aromatic N) is 4. The first-order valence-electron chi connectivity index (χ1n) is 7.21. The number of ether oxygens (including phenoxy) is 1.